The second-order valence-electron chi connectivity index (χ2n) is 9.14. The Hall–Kier alpha value is -1.84. The van der Waals surface area contributed by atoms with E-state index in [-0.39, 0.29) is 6.10 Å². The van der Waals surface area contributed by atoms with Gasteiger partial charge in [0, 0.05) is 0 Å². The lowest BCUT2D eigenvalue weighted by atomic mass is 9.77. The molecule has 0 bridgehead atoms. The van der Waals surface area contributed by atoms with Gasteiger partial charge >= 0.3 is 11.9 Å². The fourth-order valence-corrected chi connectivity index (χ4v) is 4.91. The number of ether oxygens (including phenoxy) is 1. The number of carboxylic acid groups (broad SMARTS) is 1. The zero-order chi connectivity index (χ0) is 22.2. The summed E-state index contributed by atoms with van der Waals surface area (Å²) in [4.78, 5) is 21.4. The number of hydrogen-bond acceptors (Lipinski definition) is 3. The molecule has 0 aromatic carbocycles. The fraction of sp³-hybridized carbons (Fsp3) is 0.704. The molecule has 3 rings (SSSR count). The van der Waals surface area contributed by atoms with Crippen LogP contribution in [-0.2, 0) is 14.3 Å². The predicted octanol–water partition coefficient (Wildman–Crippen LogP) is 7.15. The maximum Gasteiger partial charge on any atom is 0.317 e. The molecule has 0 saturated heterocycles. The second-order valence-corrected chi connectivity index (χ2v) is 9.14. The van der Waals surface area contributed by atoms with E-state index in [9.17, 15) is 9.59 Å². The molecule has 0 aromatic heterocycles. The molecule has 4 heteroatoms. The third-order valence-corrected chi connectivity index (χ3v) is 6.61. The van der Waals surface area contributed by atoms with E-state index in [1.807, 2.05) is 0 Å². The molecule has 0 fully saturated rings. The Kier molecular flexibility index (Phi) is 13.0. The monoisotopic (exact) mass is 430 g/mol. The standard InChI is InChI=1S/C16H26.C11H16O4/c1-3-7-11-15(12-8-4-1)16-13-9-5-2-6-10-14-16;12-10(13)8-11(14)15-9-6-4-2-1-3-5-7-9/h1-3,5,15-16H,4,6-14H2;1-2,9H,3-8H2,(H,12,13)/b3-1-,5-2-;2-1-. The van der Waals surface area contributed by atoms with Crippen LogP contribution in [0.3, 0.4) is 0 Å². The number of carbonyl (C=O) groups excluding carboxylic acids is 1. The van der Waals surface area contributed by atoms with Gasteiger partial charge in [-0.3, -0.25) is 9.59 Å². The summed E-state index contributed by atoms with van der Waals surface area (Å²) < 4.78 is 5.08. The maximum atomic E-state index is 11.1. The summed E-state index contributed by atoms with van der Waals surface area (Å²) in [5, 5.41) is 8.40. The van der Waals surface area contributed by atoms with E-state index in [1.54, 1.807) is 0 Å². The minimum absolute atomic E-state index is 0.109. The van der Waals surface area contributed by atoms with Gasteiger partial charge in [-0.25, -0.2) is 0 Å². The quantitative estimate of drug-likeness (QED) is 0.292. The van der Waals surface area contributed by atoms with E-state index in [0.717, 1.165) is 43.9 Å². The van der Waals surface area contributed by atoms with Crippen molar-refractivity contribution in [2.24, 2.45) is 11.8 Å². The molecule has 4 nitrogen and oxygen atoms in total. The van der Waals surface area contributed by atoms with Gasteiger partial charge < -0.3 is 9.84 Å². The molecular weight excluding hydrogens is 388 g/mol. The van der Waals surface area contributed by atoms with Crippen LogP contribution in [0.15, 0.2) is 36.5 Å². The first-order valence-electron chi connectivity index (χ1n) is 12.5. The molecule has 0 radical (unpaired) electrons. The van der Waals surface area contributed by atoms with Crippen molar-refractivity contribution in [3.8, 4) is 0 Å². The number of hydrogen-bond donors (Lipinski definition) is 1. The average Bonchev–Trinajstić information content (AvgIpc) is 2.64. The van der Waals surface area contributed by atoms with Crippen LogP contribution in [0.2, 0.25) is 0 Å². The van der Waals surface area contributed by atoms with E-state index in [1.165, 1.54) is 64.2 Å². The fourth-order valence-electron chi connectivity index (χ4n) is 4.91. The number of allylic oxidation sites excluding steroid dienone is 6. The van der Waals surface area contributed by atoms with Crippen LogP contribution in [0, 0.1) is 11.8 Å². The maximum absolute atomic E-state index is 11.1. The SMILES string of the molecule is C1=C\CCC(C2CC/C=C\CCC2)CCC/1.O=C(O)CC(=O)OC1CC/C=C\CCC1. The molecule has 3 atom stereocenters. The highest BCUT2D eigenvalue weighted by Gasteiger charge is 2.21. The van der Waals surface area contributed by atoms with Gasteiger partial charge in [-0.1, -0.05) is 36.5 Å². The van der Waals surface area contributed by atoms with Crippen molar-refractivity contribution in [1.29, 1.82) is 0 Å². The van der Waals surface area contributed by atoms with Gasteiger partial charge in [0.2, 0.25) is 0 Å². The highest BCUT2D eigenvalue weighted by Crippen LogP contribution is 2.33. The van der Waals surface area contributed by atoms with E-state index in [0.29, 0.717) is 0 Å². The lowest BCUT2D eigenvalue weighted by Gasteiger charge is -2.28. The van der Waals surface area contributed by atoms with Crippen LogP contribution in [0.1, 0.15) is 103 Å². The first-order chi connectivity index (χ1) is 15.1. The summed E-state index contributed by atoms with van der Waals surface area (Å²) in [7, 11) is 0. The van der Waals surface area contributed by atoms with Crippen molar-refractivity contribution in [2.75, 3.05) is 0 Å². The van der Waals surface area contributed by atoms with Crippen molar-refractivity contribution >= 4 is 11.9 Å². The Bertz CT molecular complexity index is 578. The molecule has 0 amide bonds. The Labute approximate surface area is 188 Å². The van der Waals surface area contributed by atoms with Gasteiger partial charge in [0.25, 0.3) is 0 Å². The van der Waals surface area contributed by atoms with Crippen molar-refractivity contribution in [3.05, 3.63) is 36.5 Å². The molecule has 0 aromatic rings. The molecule has 0 saturated carbocycles. The van der Waals surface area contributed by atoms with Gasteiger partial charge in [0.15, 0.2) is 0 Å². The topological polar surface area (TPSA) is 63.6 Å². The molecular formula is C27H42O4. The van der Waals surface area contributed by atoms with E-state index < -0.39 is 18.4 Å². The van der Waals surface area contributed by atoms with Crippen LogP contribution in [0.4, 0.5) is 0 Å². The Morgan fingerprint density at radius 2 is 1.10 bits per heavy atom. The predicted molar refractivity (Wildman–Crippen MR) is 126 cm³/mol. The van der Waals surface area contributed by atoms with Crippen LogP contribution < -0.4 is 0 Å². The number of carbonyl (C=O) groups is 2. The number of carboxylic acids is 1. The Morgan fingerprint density at radius 1 is 0.645 bits per heavy atom. The van der Waals surface area contributed by atoms with Crippen LogP contribution in [0.25, 0.3) is 0 Å². The molecule has 0 heterocycles. The third-order valence-electron chi connectivity index (χ3n) is 6.61. The summed E-state index contributed by atoms with van der Waals surface area (Å²) in [6.07, 6.45) is 31.7. The first-order valence-corrected chi connectivity index (χ1v) is 12.5. The van der Waals surface area contributed by atoms with Crippen molar-refractivity contribution in [2.45, 2.75) is 109 Å². The zero-order valence-corrected chi connectivity index (χ0v) is 19.2. The van der Waals surface area contributed by atoms with E-state index >= 15 is 0 Å². The summed E-state index contributed by atoms with van der Waals surface area (Å²) in [6.45, 7) is 0. The summed E-state index contributed by atoms with van der Waals surface area (Å²) >= 11 is 0. The van der Waals surface area contributed by atoms with Crippen LogP contribution >= 0.6 is 0 Å². The number of aliphatic carboxylic acids is 1. The highest BCUT2D eigenvalue weighted by molar-refractivity contribution is 5.90. The molecule has 174 valence electrons. The Balaban J connectivity index is 0.000000221. The minimum Gasteiger partial charge on any atom is -0.481 e. The average molecular weight is 431 g/mol. The molecule has 1 N–H and O–H groups in total. The summed E-state index contributed by atoms with van der Waals surface area (Å²) in [6, 6.07) is 0. The van der Waals surface area contributed by atoms with Crippen molar-refractivity contribution in [3.63, 3.8) is 0 Å². The van der Waals surface area contributed by atoms with Gasteiger partial charge in [-0.15, -0.1) is 0 Å². The highest BCUT2D eigenvalue weighted by atomic mass is 16.5. The molecule has 0 spiro atoms. The number of rotatable bonds is 4. The van der Waals surface area contributed by atoms with Crippen LogP contribution in [-0.4, -0.2) is 23.1 Å². The Morgan fingerprint density at radius 3 is 1.61 bits per heavy atom. The summed E-state index contributed by atoms with van der Waals surface area (Å²) in [5.41, 5.74) is 0. The van der Waals surface area contributed by atoms with Gasteiger partial charge in [0.05, 0.1) is 0 Å². The molecule has 3 unspecified atom stereocenters. The smallest absolute Gasteiger partial charge is 0.317 e. The minimum atomic E-state index is -1.13. The normalized spacial score (nSPS) is 30.3. The number of esters is 1. The van der Waals surface area contributed by atoms with Gasteiger partial charge in [-0.2, -0.15) is 0 Å². The largest absolute Gasteiger partial charge is 0.481 e. The summed E-state index contributed by atoms with van der Waals surface area (Å²) in [5.74, 6) is 0.288. The lowest BCUT2D eigenvalue weighted by Crippen LogP contribution is -2.20. The molecule has 0 aliphatic heterocycles. The first kappa shape index (κ1) is 25.4. The molecule has 3 aliphatic rings. The van der Waals surface area contributed by atoms with Crippen molar-refractivity contribution in [1.82, 2.24) is 0 Å². The lowest BCUT2D eigenvalue weighted by molar-refractivity contribution is -0.155. The third kappa shape index (κ3) is 11.9. The second kappa shape index (κ2) is 15.9. The van der Waals surface area contributed by atoms with Crippen LogP contribution in [0.5, 0.6) is 0 Å². The van der Waals surface area contributed by atoms with Crippen molar-refractivity contribution < 1.29 is 19.4 Å². The van der Waals surface area contributed by atoms with Gasteiger partial charge in [-0.05, 0) is 108 Å². The zero-order valence-electron chi connectivity index (χ0n) is 19.2. The molecule has 3 aliphatic carbocycles. The van der Waals surface area contributed by atoms with Gasteiger partial charge in [0.1, 0.15) is 12.5 Å². The molecule has 31 heavy (non-hydrogen) atoms. The van der Waals surface area contributed by atoms with E-state index in [2.05, 4.69) is 36.5 Å². The van der Waals surface area contributed by atoms with E-state index in [4.69, 9.17) is 9.84 Å².